The zero-order chi connectivity index (χ0) is 13.4. The van der Waals surface area contributed by atoms with E-state index >= 15 is 0 Å². The van der Waals surface area contributed by atoms with Crippen molar-refractivity contribution in [1.29, 1.82) is 0 Å². The second-order valence-electron chi connectivity index (χ2n) is 5.47. The van der Waals surface area contributed by atoms with Crippen LogP contribution in [0.4, 0.5) is 5.69 Å². The normalized spacial score (nSPS) is 23.4. The lowest BCUT2D eigenvalue weighted by Gasteiger charge is -2.23. The molecule has 2 atom stereocenters. The summed E-state index contributed by atoms with van der Waals surface area (Å²) in [5.41, 5.74) is 9.92. The van der Waals surface area contributed by atoms with Crippen molar-refractivity contribution in [2.24, 2.45) is 17.6 Å². The third-order valence-corrected chi connectivity index (χ3v) is 4.09. The van der Waals surface area contributed by atoms with E-state index in [2.05, 4.69) is 29.8 Å². The van der Waals surface area contributed by atoms with Gasteiger partial charge in [0, 0.05) is 24.5 Å². The summed E-state index contributed by atoms with van der Waals surface area (Å²) >= 11 is 5.19. The van der Waals surface area contributed by atoms with Crippen LogP contribution >= 0.6 is 12.2 Å². The molecule has 0 saturated carbocycles. The molecule has 18 heavy (non-hydrogen) atoms. The largest absolute Gasteiger partial charge is 0.389 e. The van der Waals surface area contributed by atoms with Crippen LogP contribution < -0.4 is 10.6 Å². The molecule has 1 aliphatic heterocycles. The van der Waals surface area contributed by atoms with Gasteiger partial charge in [0.2, 0.25) is 0 Å². The molecule has 1 aromatic rings. The van der Waals surface area contributed by atoms with Crippen molar-refractivity contribution in [1.82, 2.24) is 4.98 Å². The molecule has 4 heteroatoms. The molecule has 0 spiro atoms. The zero-order valence-electron chi connectivity index (χ0n) is 11.5. The Labute approximate surface area is 114 Å². The lowest BCUT2D eigenvalue weighted by Crippen LogP contribution is -2.25. The molecular formula is C14H21N3S. The van der Waals surface area contributed by atoms with Gasteiger partial charge in [-0.2, -0.15) is 0 Å². The molecule has 3 nitrogen and oxygen atoms in total. The van der Waals surface area contributed by atoms with Gasteiger partial charge in [0.15, 0.2) is 0 Å². The Kier molecular flexibility index (Phi) is 3.57. The standard InChI is InChI=1S/C14H21N3S/c1-8-6-17(7-9(8)2)12-5-10(3)16-11(4)13(12)14(15)18/h5,8-9H,6-7H2,1-4H3,(H2,15,18). The SMILES string of the molecule is Cc1cc(N2CC(C)C(C)C2)c(C(N)=S)c(C)n1. The van der Waals surface area contributed by atoms with E-state index in [-0.39, 0.29) is 0 Å². The maximum atomic E-state index is 5.87. The summed E-state index contributed by atoms with van der Waals surface area (Å²) in [5.74, 6) is 1.41. The van der Waals surface area contributed by atoms with E-state index < -0.39 is 0 Å². The number of aromatic nitrogens is 1. The molecule has 2 unspecified atom stereocenters. The Morgan fingerprint density at radius 1 is 1.33 bits per heavy atom. The molecule has 2 rings (SSSR count). The third kappa shape index (κ3) is 2.34. The monoisotopic (exact) mass is 263 g/mol. The highest BCUT2D eigenvalue weighted by molar-refractivity contribution is 7.80. The Hall–Kier alpha value is -1.16. The number of anilines is 1. The van der Waals surface area contributed by atoms with Crippen LogP contribution in [0.2, 0.25) is 0 Å². The number of hydrogen-bond donors (Lipinski definition) is 1. The molecule has 98 valence electrons. The first kappa shape index (κ1) is 13.3. The quantitative estimate of drug-likeness (QED) is 0.832. The Bertz CT molecular complexity index is 474. The predicted octanol–water partition coefficient (Wildman–Crippen LogP) is 2.42. The highest BCUT2D eigenvalue weighted by Gasteiger charge is 2.28. The molecule has 1 saturated heterocycles. The Morgan fingerprint density at radius 3 is 2.39 bits per heavy atom. The molecule has 0 aromatic carbocycles. The van der Waals surface area contributed by atoms with Crippen LogP contribution in [-0.4, -0.2) is 23.1 Å². The van der Waals surface area contributed by atoms with Crippen molar-refractivity contribution in [3.63, 3.8) is 0 Å². The van der Waals surface area contributed by atoms with Crippen molar-refractivity contribution < 1.29 is 0 Å². The highest BCUT2D eigenvalue weighted by Crippen LogP contribution is 2.31. The highest BCUT2D eigenvalue weighted by atomic mass is 32.1. The molecule has 1 aromatic heterocycles. The number of thiocarbonyl (C=S) groups is 1. The number of rotatable bonds is 2. The maximum absolute atomic E-state index is 5.87. The molecule has 0 aliphatic carbocycles. The summed E-state index contributed by atoms with van der Waals surface area (Å²) < 4.78 is 0. The second kappa shape index (κ2) is 4.84. The zero-order valence-corrected chi connectivity index (χ0v) is 12.3. The van der Waals surface area contributed by atoms with Crippen LogP contribution in [0.1, 0.15) is 30.8 Å². The van der Waals surface area contributed by atoms with Gasteiger partial charge >= 0.3 is 0 Å². The van der Waals surface area contributed by atoms with Crippen LogP contribution in [0.3, 0.4) is 0 Å². The number of aryl methyl sites for hydroxylation is 2. The van der Waals surface area contributed by atoms with Gasteiger partial charge in [0.25, 0.3) is 0 Å². The summed E-state index contributed by atoms with van der Waals surface area (Å²) in [6.45, 7) is 10.7. The summed E-state index contributed by atoms with van der Waals surface area (Å²) in [7, 11) is 0. The van der Waals surface area contributed by atoms with Crippen molar-refractivity contribution in [3.05, 3.63) is 23.0 Å². The topological polar surface area (TPSA) is 42.1 Å². The van der Waals surface area contributed by atoms with Crippen LogP contribution in [0.5, 0.6) is 0 Å². The number of pyridine rings is 1. The average molecular weight is 263 g/mol. The summed E-state index contributed by atoms with van der Waals surface area (Å²) in [4.78, 5) is 7.31. The Balaban J connectivity index is 2.47. The lowest BCUT2D eigenvalue weighted by atomic mass is 10.0. The molecule has 1 aliphatic rings. The molecular weight excluding hydrogens is 242 g/mol. The van der Waals surface area contributed by atoms with Gasteiger partial charge in [0.05, 0.1) is 11.3 Å². The fourth-order valence-corrected chi connectivity index (χ4v) is 2.94. The fourth-order valence-electron chi connectivity index (χ4n) is 2.69. The molecule has 2 N–H and O–H groups in total. The first-order chi connectivity index (χ1) is 8.40. The van der Waals surface area contributed by atoms with E-state index in [0.29, 0.717) is 16.8 Å². The van der Waals surface area contributed by atoms with Crippen LogP contribution in [0, 0.1) is 25.7 Å². The van der Waals surface area contributed by atoms with E-state index in [9.17, 15) is 0 Å². The number of nitrogens with zero attached hydrogens (tertiary/aromatic N) is 2. The van der Waals surface area contributed by atoms with Crippen LogP contribution in [0.15, 0.2) is 6.07 Å². The van der Waals surface area contributed by atoms with E-state index in [0.717, 1.165) is 35.7 Å². The van der Waals surface area contributed by atoms with Gasteiger partial charge in [-0.25, -0.2) is 0 Å². The third-order valence-electron chi connectivity index (χ3n) is 3.88. The van der Waals surface area contributed by atoms with Gasteiger partial charge in [-0.1, -0.05) is 26.1 Å². The smallest absolute Gasteiger partial charge is 0.107 e. The van der Waals surface area contributed by atoms with Crippen LogP contribution in [0.25, 0.3) is 0 Å². The summed E-state index contributed by atoms with van der Waals surface area (Å²) in [6.07, 6.45) is 0. The van der Waals surface area contributed by atoms with E-state index in [1.807, 2.05) is 13.8 Å². The summed E-state index contributed by atoms with van der Waals surface area (Å²) in [5, 5.41) is 0. The molecule has 2 heterocycles. The Morgan fingerprint density at radius 2 is 1.89 bits per heavy atom. The average Bonchev–Trinajstić information content (AvgIpc) is 2.57. The fraction of sp³-hybridized carbons (Fsp3) is 0.571. The molecule has 0 bridgehead atoms. The molecule has 1 fully saturated rings. The van der Waals surface area contributed by atoms with Crippen molar-refractivity contribution >= 4 is 22.9 Å². The minimum Gasteiger partial charge on any atom is -0.389 e. The van der Waals surface area contributed by atoms with Crippen molar-refractivity contribution in [2.45, 2.75) is 27.7 Å². The number of hydrogen-bond acceptors (Lipinski definition) is 3. The first-order valence-electron chi connectivity index (χ1n) is 6.43. The first-order valence-corrected chi connectivity index (χ1v) is 6.84. The summed E-state index contributed by atoms with van der Waals surface area (Å²) in [6, 6.07) is 2.10. The van der Waals surface area contributed by atoms with Crippen molar-refractivity contribution in [2.75, 3.05) is 18.0 Å². The minimum absolute atomic E-state index is 0.446. The molecule has 0 radical (unpaired) electrons. The van der Waals surface area contributed by atoms with E-state index in [1.165, 1.54) is 0 Å². The van der Waals surface area contributed by atoms with E-state index in [4.69, 9.17) is 18.0 Å². The van der Waals surface area contributed by atoms with Crippen LogP contribution in [-0.2, 0) is 0 Å². The van der Waals surface area contributed by atoms with Gasteiger partial charge in [0.1, 0.15) is 4.99 Å². The van der Waals surface area contributed by atoms with Gasteiger partial charge in [-0.05, 0) is 31.7 Å². The predicted molar refractivity (Wildman–Crippen MR) is 80.1 cm³/mol. The minimum atomic E-state index is 0.446. The van der Waals surface area contributed by atoms with Crippen molar-refractivity contribution in [3.8, 4) is 0 Å². The molecule has 0 amide bonds. The van der Waals surface area contributed by atoms with Gasteiger partial charge in [-0.15, -0.1) is 0 Å². The van der Waals surface area contributed by atoms with Gasteiger partial charge in [-0.3, -0.25) is 4.98 Å². The number of nitrogens with two attached hydrogens (primary N) is 1. The lowest BCUT2D eigenvalue weighted by molar-refractivity contribution is 0.494. The maximum Gasteiger partial charge on any atom is 0.107 e. The second-order valence-corrected chi connectivity index (χ2v) is 5.91. The van der Waals surface area contributed by atoms with E-state index in [1.54, 1.807) is 0 Å². The van der Waals surface area contributed by atoms with Gasteiger partial charge < -0.3 is 10.6 Å².